The Kier molecular flexibility index (Phi) is 6.42. The molecule has 0 amide bonds. The van der Waals surface area contributed by atoms with E-state index >= 15 is 0 Å². The molecule has 0 saturated carbocycles. The highest BCUT2D eigenvalue weighted by Gasteiger charge is 2.20. The average molecular weight is 401 g/mol. The van der Waals surface area contributed by atoms with Gasteiger partial charge in [0.25, 0.3) is 0 Å². The maximum atomic E-state index is 6.00. The molecule has 0 saturated heterocycles. The van der Waals surface area contributed by atoms with E-state index < -0.39 is 0 Å². The fourth-order valence-electron chi connectivity index (χ4n) is 3.52. The quantitative estimate of drug-likeness (QED) is 0.533. The fraction of sp³-hybridized carbons (Fsp3) is 0.240. The van der Waals surface area contributed by atoms with E-state index in [9.17, 15) is 0 Å². The van der Waals surface area contributed by atoms with Gasteiger partial charge >= 0.3 is 0 Å². The smallest absolute Gasteiger partial charge is 0.153 e. The molecule has 0 fully saturated rings. The van der Waals surface area contributed by atoms with Crippen molar-refractivity contribution in [3.05, 3.63) is 95.6 Å². The van der Waals surface area contributed by atoms with E-state index in [1.807, 2.05) is 25.1 Å². The SMILES string of the molecule is CC1Oc2ccc(C(CNCc3ccccc3)NCc3ccccc3)cc2N=C1N. The van der Waals surface area contributed by atoms with Crippen molar-refractivity contribution in [2.45, 2.75) is 32.2 Å². The van der Waals surface area contributed by atoms with Gasteiger partial charge in [-0.05, 0) is 35.7 Å². The first-order valence-corrected chi connectivity index (χ1v) is 10.4. The van der Waals surface area contributed by atoms with Crippen molar-refractivity contribution in [2.75, 3.05) is 6.54 Å². The molecule has 3 aromatic rings. The maximum Gasteiger partial charge on any atom is 0.153 e. The van der Waals surface area contributed by atoms with Crippen LogP contribution in [0.5, 0.6) is 5.75 Å². The van der Waals surface area contributed by atoms with E-state index in [0.717, 1.165) is 36.6 Å². The van der Waals surface area contributed by atoms with E-state index in [2.05, 4.69) is 76.3 Å². The molecule has 1 aliphatic heterocycles. The van der Waals surface area contributed by atoms with Gasteiger partial charge in [-0.3, -0.25) is 0 Å². The van der Waals surface area contributed by atoms with Gasteiger partial charge in [0, 0.05) is 25.7 Å². The fourth-order valence-corrected chi connectivity index (χ4v) is 3.52. The van der Waals surface area contributed by atoms with Gasteiger partial charge in [0.1, 0.15) is 17.3 Å². The molecule has 0 bridgehead atoms. The minimum Gasteiger partial charge on any atom is -0.481 e. The molecule has 1 heterocycles. The van der Waals surface area contributed by atoms with E-state index in [-0.39, 0.29) is 12.1 Å². The van der Waals surface area contributed by atoms with Crippen molar-refractivity contribution in [3.63, 3.8) is 0 Å². The number of hydrogen-bond donors (Lipinski definition) is 3. The lowest BCUT2D eigenvalue weighted by Gasteiger charge is -2.24. The largest absolute Gasteiger partial charge is 0.481 e. The minimum atomic E-state index is -0.192. The van der Waals surface area contributed by atoms with Crippen LogP contribution in [0.2, 0.25) is 0 Å². The Morgan fingerprint density at radius 2 is 1.60 bits per heavy atom. The van der Waals surface area contributed by atoms with E-state index in [4.69, 9.17) is 10.5 Å². The number of fused-ring (bicyclic) bond motifs is 1. The van der Waals surface area contributed by atoms with Gasteiger partial charge in [-0.25, -0.2) is 4.99 Å². The van der Waals surface area contributed by atoms with Crippen molar-refractivity contribution in [1.82, 2.24) is 10.6 Å². The molecular weight excluding hydrogens is 372 g/mol. The zero-order valence-electron chi connectivity index (χ0n) is 17.2. The van der Waals surface area contributed by atoms with Crippen LogP contribution in [0.3, 0.4) is 0 Å². The van der Waals surface area contributed by atoms with Crippen LogP contribution in [0.4, 0.5) is 5.69 Å². The zero-order valence-corrected chi connectivity index (χ0v) is 17.2. The van der Waals surface area contributed by atoms with Crippen LogP contribution in [0.1, 0.15) is 29.7 Å². The van der Waals surface area contributed by atoms with Crippen LogP contribution in [0, 0.1) is 0 Å². The van der Waals surface area contributed by atoms with Crippen LogP contribution < -0.4 is 21.1 Å². The van der Waals surface area contributed by atoms with Crippen molar-refractivity contribution in [2.24, 2.45) is 10.7 Å². The number of nitrogens with one attached hydrogen (secondary N) is 2. The van der Waals surface area contributed by atoms with Crippen molar-refractivity contribution in [1.29, 1.82) is 0 Å². The number of benzene rings is 3. The summed E-state index contributed by atoms with van der Waals surface area (Å²) in [6.45, 7) is 4.31. The number of nitrogens with two attached hydrogens (primary N) is 1. The summed E-state index contributed by atoms with van der Waals surface area (Å²) in [6, 6.07) is 27.2. The van der Waals surface area contributed by atoms with Crippen molar-refractivity contribution in [3.8, 4) is 5.75 Å². The lowest BCUT2D eigenvalue weighted by molar-refractivity contribution is 0.281. The van der Waals surface area contributed by atoms with Gasteiger partial charge in [0.05, 0.1) is 0 Å². The van der Waals surface area contributed by atoms with Crippen LogP contribution in [-0.4, -0.2) is 18.5 Å². The molecule has 0 spiro atoms. The van der Waals surface area contributed by atoms with E-state index in [0.29, 0.717) is 5.84 Å². The highest BCUT2D eigenvalue weighted by atomic mass is 16.5. The van der Waals surface area contributed by atoms with Gasteiger partial charge in [0.2, 0.25) is 0 Å². The Hall–Kier alpha value is -3.15. The van der Waals surface area contributed by atoms with Gasteiger partial charge in [0.15, 0.2) is 6.10 Å². The molecule has 4 rings (SSSR count). The Morgan fingerprint density at radius 3 is 2.30 bits per heavy atom. The second-order valence-electron chi connectivity index (χ2n) is 7.56. The monoisotopic (exact) mass is 400 g/mol. The lowest BCUT2D eigenvalue weighted by atomic mass is 10.0. The molecular formula is C25H28N4O. The predicted molar refractivity (Wildman–Crippen MR) is 122 cm³/mol. The molecule has 3 aromatic carbocycles. The summed E-state index contributed by atoms with van der Waals surface area (Å²) < 4.78 is 5.86. The second-order valence-corrected chi connectivity index (χ2v) is 7.56. The Bertz CT molecular complexity index is 989. The minimum absolute atomic E-state index is 0.120. The molecule has 30 heavy (non-hydrogen) atoms. The summed E-state index contributed by atoms with van der Waals surface area (Å²) in [7, 11) is 0. The number of amidine groups is 1. The molecule has 5 heteroatoms. The van der Waals surface area contributed by atoms with Crippen molar-refractivity contribution < 1.29 is 4.74 Å². The third-order valence-corrected chi connectivity index (χ3v) is 5.27. The third-order valence-electron chi connectivity index (χ3n) is 5.27. The second kappa shape index (κ2) is 9.57. The number of aliphatic imine (C=N–C) groups is 1. The summed E-state index contributed by atoms with van der Waals surface area (Å²) in [4.78, 5) is 4.54. The van der Waals surface area contributed by atoms with E-state index in [1.165, 1.54) is 11.1 Å². The van der Waals surface area contributed by atoms with Crippen molar-refractivity contribution >= 4 is 11.5 Å². The first-order chi connectivity index (χ1) is 14.7. The summed E-state index contributed by atoms with van der Waals surface area (Å²) in [5.74, 6) is 1.29. The van der Waals surface area contributed by atoms with Crippen LogP contribution >= 0.6 is 0 Å². The lowest BCUT2D eigenvalue weighted by Crippen LogP contribution is -2.33. The first kappa shape index (κ1) is 20.1. The van der Waals surface area contributed by atoms with Gasteiger partial charge in [-0.15, -0.1) is 0 Å². The van der Waals surface area contributed by atoms with Crippen LogP contribution in [0.15, 0.2) is 83.9 Å². The molecule has 2 unspecified atom stereocenters. The molecule has 4 N–H and O–H groups in total. The summed E-state index contributed by atoms with van der Waals surface area (Å²) in [5, 5.41) is 7.26. The molecule has 0 aliphatic carbocycles. The number of rotatable bonds is 8. The molecule has 0 radical (unpaired) electrons. The topological polar surface area (TPSA) is 71.7 Å². The van der Waals surface area contributed by atoms with Gasteiger partial charge in [-0.2, -0.15) is 0 Å². The number of ether oxygens (including phenoxy) is 1. The molecule has 0 aromatic heterocycles. The predicted octanol–water partition coefficient (Wildman–Crippen LogP) is 4.08. The van der Waals surface area contributed by atoms with Crippen LogP contribution in [-0.2, 0) is 13.1 Å². The Morgan fingerprint density at radius 1 is 0.933 bits per heavy atom. The van der Waals surface area contributed by atoms with Gasteiger partial charge < -0.3 is 21.1 Å². The summed E-state index contributed by atoms with van der Waals surface area (Å²) >= 11 is 0. The Balaban J connectivity index is 1.50. The average Bonchev–Trinajstić information content (AvgIpc) is 2.78. The van der Waals surface area contributed by atoms with Crippen LogP contribution in [0.25, 0.3) is 0 Å². The number of hydrogen-bond acceptors (Lipinski definition) is 5. The Labute approximate surface area is 178 Å². The summed E-state index contributed by atoms with van der Waals surface area (Å²) in [5.41, 5.74) is 10.5. The van der Waals surface area contributed by atoms with E-state index in [1.54, 1.807) is 0 Å². The molecule has 154 valence electrons. The highest BCUT2D eigenvalue weighted by Crippen LogP contribution is 2.34. The maximum absolute atomic E-state index is 6.00. The normalized spacial score (nSPS) is 16.3. The van der Waals surface area contributed by atoms with Gasteiger partial charge in [-0.1, -0.05) is 66.7 Å². The summed E-state index contributed by atoms with van der Waals surface area (Å²) in [6.07, 6.45) is -0.192. The zero-order chi connectivity index (χ0) is 20.8. The standard InChI is InChI=1S/C25H28N4O/c1-18-25(26)29-22-14-21(12-13-24(22)30-18)23(28-16-20-10-6-3-7-11-20)17-27-15-19-8-4-2-5-9-19/h2-14,18,23,27-28H,15-17H2,1H3,(H2,26,29). The first-order valence-electron chi connectivity index (χ1n) is 10.4. The number of nitrogens with zero attached hydrogens (tertiary/aromatic N) is 1. The molecule has 2 atom stereocenters. The highest BCUT2D eigenvalue weighted by molar-refractivity contribution is 5.89. The molecule has 5 nitrogen and oxygen atoms in total. The third kappa shape index (κ3) is 5.06. The molecule has 1 aliphatic rings.